The molecule has 0 spiro atoms. The number of aliphatic hydroxyl groups is 1. The van der Waals surface area contributed by atoms with Crippen LogP contribution in [0.15, 0.2) is 24.3 Å². The minimum Gasteiger partial charge on any atom is -0.497 e. The van der Waals surface area contributed by atoms with Crippen LogP contribution in [0, 0.1) is 0 Å². The zero-order valence-electron chi connectivity index (χ0n) is 12.6. The highest BCUT2D eigenvalue weighted by Crippen LogP contribution is 2.15. The molecule has 0 saturated carbocycles. The smallest absolute Gasteiger partial charge is 0.118 e. The number of rotatable bonds is 6. The molecular formula is C16H26N2O2. The molecule has 0 bridgehead atoms. The Morgan fingerprint density at radius 2 is 1.80 bits per heavy atom. The van der Waals surface area contributed by atoms with E-state index in [1.54, 1.807) is 7.11 Å². The van der Waals surface area contributed by atoms with Crippen molar-refractivity contribution < 1.29 is 9.84 Å². The van der Waals surface area contributed by atoms with Crippen LogP contribution in [-0.2, 0) is 6.54 Å². The van der Waals surface area contributed by atoms with Gasteiger partial charge in [0.2, 0.25) is 0 Å². The largest absolute Gasteiger partial charge is 0.497 e. The van der Waals surface area contributed by atoms with Gasteiger partial charge in [0, 0.05) is 38.8 Å². The molecule has 1 unspecified atom stereocenters. The van der Waals surface area contributed by atoms with Crippen molar-refractivity contribution in [2.24, 2.45) is 0 Å². The minimum atomic E-state index is 0.273. The number of piperazine rings is 1. The van der Waals surface area contributed by atoms with Crippen LogP contribution in [-0.4, -0.2) is 60.8 Å². The third kappa shape index (κ3) is 3.95. The topological polar surface area (TPSA) is 35.9 Å². The minimum absolute atomic E-state index is 0.273. The average Bonchev–Trinajstić information content (AvgIpc) is 2.51. The van der Waals surface area contributed by atoms with Gasteiger partial charge in [0.25, 0.3) is 0 Å². The number of hydrogen-bond acceptors (Lipinski definition) is 4. The second-order valence-electron chi connectivity index (χ2n) is 5.40. The predicted octanol–water partition coefficient (Wildman–Crippen LogP) is 1.58. The van der Waals surface area contributed by atoms with Crippen molar-refractivity contribution in [3.63, 3.8) is 0 Å². The summed E-state index contributed by atoms with van der Waals surface area (Å²) < 4.78 is 5.18. The van der Waals surface area contributed by atoms with E-state index >= 15 is 0 Å². The summed E-state index contributed by atoms with van der Waals surface area (Å²) in [6.45, 7) is 7.66. The number of aliphatic hydroxyl groups excluding tert-OH is 1. The molecule has 1 atom stereocenters. The molecule has 1 heterocycles. The summed E-state index contributed by atoms with van der Waals surface area (Å²) in [6, 6.07) is 8.63. The molecule has 4 nitrogen and oxygen atoms in total. The van der Waals surface area contributed by atoms with Crippen molar-refractivity contribution in [2.45, 2.75) is 25.9 Å². The van der Waals surface area contributed by atoms with Gasteiger partial charge in [0.15, 0.2) is 0 Å². The maximum Gasteiger partial charge on any atom is 0.118 e. The summed E-state index contributed by atoms with van der Waals surface area (Å²) >= 11 is 0. The van der Waals surface area contributed by atoms with E-state index < -0.39 is 0 Å². The maximum atomic E-state index is 9.36. The first-order valence-corrected chi connectivity index (χ1v) is 7.47. The van der Waals surface area contributed by atoms with Gasteiger partial charge in [0.1, 0.15) is 5.75 Å². The van der Waals surface area contributed by atoms with E-state index in [9.17, 15) is 5.11 Å². The number of nitrogens with zero attached hydrogens (tertiary/aromatic N) is 2. The molecule has 1 aromatic rings. The first-order valence-electron chi connectivity index (χ1n) is 7.47. The molecule has 1 aromatic carbocycles. The highest BCUT2D eigenvalue weighted by molar-refractivity contribution is 5.27. The Balaban J connectivity index is 1.81. The Kier molecular flexibility index (Phi) is 5.83. The van der Waals surface area contributed by atoms with Crippen molar-refractivity contribution >= 4 is 0 Å². The molecule has 1 aliphatic heterocycles. The zero-order chi connectivity index (χ0) is 14.4. The molecule has 1 saturated heterocycles. The zero-order valence-corrected chi connectivity index (χ0v) is 12.6. The van der Waals surface area contributed by atoms with Crippen LogP contribution in [0.1, 0.15) is 18.9 Å². The number of benzene rings is 1. The van der Waals surface area contributed by atoms with Crippen molar-refractivity contribution in [1.82, 2.24) is 9.80 Å². The summed E-state index contributed by atoms with van der Waals surface area (Å²) in [4.78, 5) is 4.88. The second kappa shape index (κ2) is 7.62. The standard InChI is InChI=1S/C16H26N2O2/c1-3-15(13-19)18-10-8-17(9-11-18)12-14-4-6-16(20-2)7-5-14/h4-7,15,19H,3,8-13H2,1-2H3. The van der Waals surface area contributed by atoms with E-state index in [1.807, 2.05) is 12.1 Å². The normalized spacial score (nSPS) is 18.9. The molecule has 1 aliphatic rings. The molecule has 20 heavy (non-hydrogen) atoms. The molecule has 1 N–H and O–H groups in total. The van der Waals surface area contributed by atoms with E-state index in [2.05, 4.69) is 28.9 Å². The van der Waals surface area contributed by atoms with Crippen molar-refractivity contribution in [1.29, 1.82) is 0 Å². The van der Waals surface area contributed by atoms with Crippen LogP contribution in [0.4, 0.5) is 0 Å². The van der Waals surface area contributed by atoms with Crippen LogP contribution in [0.5, 0.6) is 5.75 Å². The predicted molar refractivity (Wildman–Crippen MR) is 81.0 cm³/mol. The average molecular weight is 278 g/mol. The van der Waals surface area contributed by atoms with Crippen LogP contribution in [0.25, 0.3) is 0 Å². The van der Waals surface area contributed by atoms with Crippen LogP contribution in [0.3, 0.4) is 0 Å². The number of methoxy groups -OCH3 is 1. The molecule has 0 aliphatic carbocycles. The number of ether oxygens (including phenoxy) is 1. The van der Waals surface area contributed by atoms with Crippen LogP contribution in [0.2, 0.25) is 0 Å². The van der Waals surface area contributed by atoms with E-state index in [0.29, 0.717) is 6.04 Å². The maximum absolute atomic E-state index is 9.36. The summed E-state index contributed by atoms with van der Waals surface area (Å²) in [5.41, 5.74) is 1.33. The van der Waals surface area contributed by atoms with E-state index in [0.717, 1.165) is 44.9 Å². The van der Waals surface area contributed by atoms with Crippen LogP contribution < -0.4 is 4.74 Å². The molecule has 4 heteroatoms. The van der Waals surface area contributed by atoms with E-state index in [1.165, 1.54) is 5.56 Å². The fourth-order valence-electron chi connectivity index (χ4n) is 2.78. The van der Waals surface area contributed by atoms with Gasteiger partial charge in [-0.2, -0.15) is 0 Å². The lowest BCUT2D eigenvalue weighted by atomic mass is 10.1. The van der Waals surface area contributed by atoms with Gasteiger partial charge in [-0.1, -0.05) is 19.1 Å². The first kappa shape index (κ1) is 15.3. The lowest BCUT2D eigenvalue weighted by Gasteiger charge is -2.38. The molecule has 0 aromatic heterocycles. The molecule has 0 radical (unpaired) electrons. The summed E-state index contributed by atoms with van der Waals surface area (Å²) in [7, 11) is 1.69. The van der Waals surface area contributed by atoms with Gasteiger partial charge >= 0.3 is 0 Å². The van der Waals surface area contributed by atoms with Gasteiger partial charge < -0.3 is 9.84 Å². The Morgan fingerprint density at radius 1 is 1.15 bits per heavy atom. The molecule has 1 fully saturated rings. The Labute approximate surface area is 122 Å². The van der Waals surface area contributed by atoms with Crippen molar-refractivity contribution in [3.05, 3.63) is 29.8 Å². The van der Waals surface area contributed by atoms with Gasteiger partial charge in [-0.05, 0) is 24.1 Å². The monoisotopic (exact) mass is 278 g/mol. The summed E-state index contributed by atoms with van der Waals surface area (Å²) in [5, 5.41) is 9.36. The van der Waals surface area contributed by atoms with Crippen molar-refractivity contribution in [2.75, 3.05) is 39.9 Å². The Hall–Kier alpha value is -1.10. The Bertz CT molecular complexity index is 382. The highest BCUT2D eigenvalue weighted by atomic mass is 16.5. The first-order chi connectivity index (χ1) is 9.76. The highest BCUT2D eigenvalue weighted by Gasteiger charge is 2.22. The van der Waals surface area contributed by atoms with Crippen LogP contribution >= 0.6 is 0 Å². The molecular weight excluding hydrogens is 252 g/mol. The lowest BCUT2D eigenvalue weighted by molar-refractivity contribution is 0.0608. The quantitative estimate of drug-likeness (QED) is 0.857. The van der Waals surface area contributed by atoms with Crippen molar-refractivity contribution in [3.8, 4) is 5.75 Å². The molecule has 112 valence electrons. The van der Waals surface area contributed by atoms with E-state index in [4.69, 9.17) is 4.74 Å². The molecule has 0 amide bonds. The van der Waals surface area contributed by atoms with Gasteiger partial charge in [0.05, 0.1) is 13.7 Å². The third-order valence-electron chi connectivity index (χ3n) is 4.17. The van der Waals surface area contributed by atoms with Gasteiger partial charge in [-0.3, -0.25) is 9.80 Å². The third-order valence-corrected chi connectivity index (χ3v) is 4.17. The van der Waals surface area contributed by atoms with Gasteiger partial charge in [-0.15, -0.1) is 0 Å². The van der Waals surface area contributed by atoms with E-state index in [-0.39, 0.29) is 6.61 Å². The summed E-state index contributed by atoms with van der Waals surface area (Å²) in [6.07, 6.45) is 1.02. The SMILES string of the molecule is CCC(CO)N1CCN(Cc2ccc(OC)cc2)CC1. The second-order valence-corrected chi connectivity index (χ2v) is 5.40. The lowest BCUT2D eigenvalue weighted by Crippen LogP contribution is -2.50. The Morgan fingerprint density at radius 3 is 2.30 bits per heavy atom. The fraction of sp³-hybridized carbons (Fsp3) is 0.625. The molecule has 2 rings (SSSR count). The number of hydrogen-bond donors (Lipinski definition) is 1. The van der Waals surface area contributed by atoms with Gasteiger partial charge in [-0.25, -0.2) is 0 Å². The summed E-state index contributed by atoms with van der Waals surface area (Å²) in [5.74, 6) is 0.910. The fourth-order valence-corrected chi connectivity index (χ4v) is 2.78.